The fourth-order valence-corrected chi connectivity index (χ4v) is 1.56. The second kappa shape index (κ2) is 5.49. The van der Waals surface area contributed by atoms with Crippen LogP contribution in [0.5, 0.6) is 11.6 Å². The summed E-state index contributed by atoms with van der Waals surface area (Å²) in [6, 6.07) is 4.73. The molecule has 0 saturated heterocycles. The monoisotopic (exact) mass is 295 g/mol. The highest BCUT2D eigenvalue weighted by atomic mass is 35.5. The Labute approximate surface area is 116 Å². The molecule has 0 amide bonds. The van der Waals surface area contributed by atoms with Gasteiger partial charge in [-0.1, -0.05) is 11.6 Å². The van der Waals surface area contributed by atoms with Crippen molar-refractivity contribution in [3.05, 3.63) is 51.2 Å². The standard InChI is InChI=1S/C11H6ClN3O5/c12-8-5-6(15(18)19)1-2-9(8)20-10-7(11(16)17)3-4-13-14-10/h1-5H,(H,16,17). The van der Waals surface area contributed by atoms with E-state index in [0.717, 1.165) is 6.07 Å². The maximum absolute atomic E-state index is 11.0. The summed E-state index contributed by atoms with van der Waals surface area (Å²) in [7, 11) is 0. The lowest BCUT2D eigenvalue weighted by molar-refractivity contribution is -0.384. The van der Waals surface area contributed by atoms with Gasteiger partial charge in [0.2, 0.25) is 0 Å². The lowest BCUT2D eigenvalue weighted by atomic mass is 10.3. The molecule has 0 fully saturated rings. The number of aromatic carboxylic acids is 1. The number of nitrogens with zero attached hydrogens (tertiary/aromatic N) is 3. The SMILES string of the molecule is O=C(O)c1ccnnc1Oc1ccc([N+](=O)[O-])cc1Cl. The van der Waals surface area contributed by atoms with E-state index in [4.69, 9.17) is 21.4 Å². The largest absolute Gasteiger partial charge is 0.477 e. The van der Waals surface area contributed by atoms with Crippen molar-refractivity contribution in [1.82, 2.24) is 10.2 Å². The van der Waals surface area contributed by atoms with Crippen LogP contribution in [0.4, 0.5) is 5.69 Å². The zero-order valence-corrected chi connectivity index (χ0v) is 10.4. The Hall–Kier alpha value is -2.74. The fraction of sp³-hybridized carbons (Fsp3) is 0. The number of aromatic nitrogens is 2. The van der Waals surface area contributed by atoms with Gasteiger partial charge in [0.05, 0.1) is 16.1 Å². The molecule has 0 saturated carbocycles. The number of carboxylic acids is 1. The van der Waals surface area contributed by atoms with Gasteiger partial charge in [0, 0.05) is 12.1 Å². The number of carbonyl (C=O) groups is 1. The molecular formula is C11H6ClN3O5. The van der Waals surface area contributed by atoms with E-state index in [0.29, 0.717) is 0 Å². The molecule has 1 aromatic heterocycles. The van der Waals surface area contributed by atoms with E-state index in [1.807, 2.05) is 0 Å². The molecule has 2 rings (SSSR count). The van der Waals surface area contributed by atoms with Crippen molar-refractivity contribution in [3.63, 3.8) is 0 Å². The number of nitro groups is 1. The Bertz CT molecular complexity index is 692. The number of rotatable bonds is 4. The van der Waals surface area contributed by atoms with Crippen molar-refractivity contribution in [2.24, 2.45) is 0 Å². The van der Waals surface area contributed by atoms with Crippen LogP contribution >= 0.6 is 11.6 Å². The Kier molecular flexibility index (Phi) is 3.76. The minimum absolute atomic E-state index is 0.0406. The highest BCUT2D eigenvalue weighted by molar-refractivity contribution is 6.32. The number of hydrogen-bond acceptors (Lipinski definition) is 6. The van der Waals surface area contributed by atoms with E-state index in [9.17, 15) is 14.9 Å². The summed E-state index contributed by atoms with van der Waals surface area (Å²) in [4.78, 5) is 20.9. The van der Waals surface area contributed by atoms with Gasteiger partial charge in [-0.2, -0.15) is 5.10 Å². The first-order valence-corrected chi connectivity index (χ1v) is 5.53. The van der Waals surface area contributed by atoms with E-state index in [-0.39, 0.29) is 27.9 Å². The van der Waals surface area contributed by atoms with Gasteiger partial charge in [-0.3, -0.25) is 10.1 Å². The van der Waals surface area contributed by atoms with Crippen LogP contribution in [0.15, 0.2) is 30.5 Å². The topological polar surface area (TPSA) is 115 Å². The number of ether oxygens (including phenoxy) is 1. The van der Waals surface area contributed by atoms with E-state index in [1.165, 1.54) is 24.4 Å². The lowest BCUT2D eigenvalue weighted by Gasteiger charge is -2.07. The van der Waals surface area contributed by atoms with Gasteiger partial charge < -0.3 is 9.84 Å². The normalized spacial score (nSPS) is 10.1. The van der Waals surface area contributed by atoms with Crippen LogP contribution < -0.4 is 4.74 Å². The molecule has 1 N–H and O–H groups in total. The van der Waals surface area contributed by atoms with Gasteiger partial charge in [-0.25, -0.2) is 4.79 Å². The second-order valence-corrected chi connectivity index (χ2v) is 3.94. The highest BCUT2D eigenvalue weighted by Gasteiger charge is 2.16. The van der Waals surface area contributed by atoms with Crippen molar-refractivity contribution < 1.29 is 19.6 Å². The zero-order valence-electron chi connectivity index (χ0n) is 9.69. The van der Waals surface area contributed by atoms with Crippen LogP contribution in [0.3, 0.4) is 0 Å². The molecule has 0 unspecified atom stereocenters. The molecular weight excluding hydrogens is 290 g/mol. The van der Waals surface area contributed by atoms with Crippen LogP contribution in [0.25, 0.3) is 0 Å². The van der Waals surface area contributed by atoms with Gasteiger partial charge >= 0.3 is 5.97 Å². The van der Waals surface area contributed by atoms with Crippen LogP contribution in [0.1, 0.15) is 10.4 Å². The molecule has 0 spiro atoms. The Morgan fingerprint density at radius 2 is 2.15 bits per heavy atom. The molecule has 20 heavy (non-hydrogen) atoms. The van der Waals surface area contributed by atoms with Crippen molar-refractivity contribution in [1.29, 1.82) is 0 Å². The molecule has 0 aliphatic rings. The summed E-state index contributed by atoms with van der Waals surface area (Å²) >= 11 is 5.83. The second-order valence-electron chi connectivity index (χ2n) is 3.53. The summed E-state index contributed by atoms with van der Waals surface area (Å²) in [6.45, 7) is 0. The summed E-state index contributed by atoms with van der Waals surface area (Å²) in [5, 5.41) is 26.5. The van der Waals surface area contributed by atoms with E-state index in [1.54, 1.807) is 0 Å². The average molecular weight is 296 g/mol. The van der Waals surface area contributed by atoms with Crippen molar-refractivity contribution in [2.45, 2.75) is 0 Å². The number of nitro benzene ring substituents is 1. The number of carboxylic acid groups (broad SMARTS) is 1. The molecule has 9 heteroatoms. The first-order chi connectivity index (χ1) is 9.49. The average Bonchev–Trinajstić information content (AvgIpc) is 2.41. The van der Waals surface area contributed by atoms with E-state index >= 15 is 0 Å². The summed E-state index contributed by atoms with van der Waals surface area (Å²) in [5.74, 6) is -1.45. The smallest absolute Gasteiger partial charge is 0.341 e. The van der Waals surface area contributed by atoms with Crippen LogP contribution in [-0.4, -0.2) is 26.2 Å². The van der Waals surface area contributed by atoms with Gasteiger partial charge in [-0.05, 0) is 12.1 Å². The molecule has 1 heterocycles. The summed E-state index contributed by atoms with van der Waals surface area (Å²) in [6.07, 6.45) is 1.20. The minimum atomic E-state index is -1.24. The maximum Gasteiger partial charge on any atom is 0.341 e. The number of non-ortho nitro benzene ring substituents is 1. The molecule has 0 radical (unpaired) electrons. The molecule has 8 nitrogen and oxygen atoms in total. The lowest BCUT2D eigenvalue weighted by Crippen LogP contribution is -2.03. The van der Waals surface area contributed by atoms with Crippen LogP contribution in [-0.2, 0) is 0 Å². The van der Waals surface area contributed by atoms with Crippen molar-refractivity contribution >= 4 is 23.3 Å². The van der Waals surface area contributed by atoms with Crippen LogP contribution in [0, 0.1) is 10.1 Å². The number of benzene rings is 1. The Balaban J connectivity index is 2.36. The van der Waals surface area contributed by atoms with Crippen molar-refractivity contribution in [2.75, 3.05) is 0 Å². The van der Waals surface area contributed by atoms with Gasteiger partial charge in [0.25, 0.3) is 11.6 Å². The van der Waals surface area contributed by atoms with Gasteiger partial charge in [-0.15, -0.1) is 5.10 Å². The fourth-order valence-electron chi connectivity index (χ4n) is 1.35. The minimum Gasteiger partial charge on any atom is -0.477 e. The summed E-state index contributed by atoms with van der Waals surface area (Å²) in [5.41, 5.74) is -0.408. The van der Waals surface area contributed by atoms with Crippen molar-refractivity contribution in [3.8, 4) is 11.6 Å². The number of hydrogen-bond donors (Lipinski definition) is 1. The first-order valence-electron chi connectivity index (χ1n) is 5.16. The molecule has 2 aromatic rings. The molecule has 0 bridgehead atoms. The summed E-state index contributed by atoms with van der Waals surface area (Å²) < 4.78 is 5.23. The van der Waals surface area contributed by atoms with Crippen LogP contribution in [0.2, 0.25) is 5.02 Å². The number of halogens is 1. The molecule has 0 aliphatic heterocycles. The molecule has 0 atom stereocenters. The third kappa shape index (κ3) is 2.81. The highest BCUT2D eigenvalue weighted by Crippen LogP contribution is 2.32. The van der Waals surface area contributed by atoms with Gasteiger partial charge in [0.1, 0.15) is 11.3 Å². The maximum atomic E-state index is 11.0. The predicted molar refractivity (Wildman–Crippen MR) is 67.2 cm³/mol. The van der Waals surface area contributed by atoms with E-state index in [2.05, 4.69) is 10.2 Å². The van der Waals surface area contributed by atoms with E-state index < -0.39 is 10.9 Å². The third-order valence-electron chi connectivity index (χ3n) is 2.25. The Morgan fingerprint density at radius 3 is 2.75 bits per heavy atom. The molecule has 102 valence electrons. The van der Waals surface area contributed by atoms with Gasteiger partial charge in [0.15, 0.2) is 0 Å². The molecule has 0 aliphatic carbocycles. The molecule has 1 aromatic carbocycles. The predicted octanol–water partition coefficient (Wildman–Crippen LogP) is 2.53. The first kappa shape index (κ1) is 13.7. The Morgan fingerprint density at radius 1 is 1.40 bits per heavy atom. The zero-order chi connectivity index (χ0) is 14.7. The third-order valence-corrected chi connectivity index (χ3v) is 2.55. The quantitative estimate of drug-likeness (QED) is 0.680.